The molecule has 20 heavy (non-hydrogen) atoms. The largest absolute Gasteiger partial charge is 0.497 e. The Labute approximate surface area is 122 Å². The highest BCUT2D eigenvalue weighted by molar-refractivity contribution is 5.29. The van der Waals surface area contributed by atoms with Gasteiger partial charge in [-0.05, 0) is 55.8 Å². The summed E-state index contributed by atoms with van der Waals surface area (Å²) in [5.41, 5.74) is 1.33. The van der Waals surface area contributed by atoms with Crippen molar-refractivity contribution < 1.29 is 9.47 Å². The van der Waals surface area contributed by atoms with Gasteiger partial charge >= 0.3 is 0 Å². The second-order valence-corrected chi connectivity index (χ2v) is 5.56. The molecule has 112 valence electrons. The number of nitrogens with one attached hydrogen (secondary N) is 1. The average molecular weight is 277 g/mol. The highest BCUT2D eigenvalue weighted by atomic mass is 16.5. The van der Waals surface area contributed by atoms with E-state index < -0.39 is 0 Å². The summed E-state index contributed by atoms with van der Waals surface area (Å²) in [5.74, 6) is 1.78. The molecule has 1 atom stereocenters. The summed E-state index contributed by atoms with van der Waals surface area (Å²) >= 11 is 0. The van der Waals surface area contributed by atoms with Crippen LogP contribution < -0.4 is 10.1 Å². The van der Waals surface area contributed by atoms with Gasteiger partial charge in [0.15, 0.2) is 0 Å². The zero-order valence-electron chi connectivity index (χ0n) is 12.7. The van der Waals surface area contributed by atoms with Crippen LogP contribution in [-0.4, -0.2) is 26.9 Å². The number of hydrogen-bond donors (Lipinski definition) is 1. The van der Waals surface area contributed by atoms with Crippen molar-refractivity contribution >= 4 is 0 Å². The summed E-state index contributed by atoms with van der Waals surface area (Å²) in [6.07, 6.45) is 4.91. The summed E-state index contributed by atoms with van der Waals surface area (Å²) < 4.78 is 10.8. The van der Waals surface area contributed by atoms with E-state index >= 15 is 0 Å². The lowest BCUT2D eigenvalue weighted by Crippen LogP contribution is -2.23. The minimum absolute atomic E-state index is 0.421. The monoisotopic (exact) mass is 277 g/mol. The van der Waals surface area contributed by atoms with E-state index in [-0.39, 0.29) is 0 Å². The summed E-state index contributed by atoms with van der Waals surface area (Å²) in [6.45, 7) is 5.07. The molecule has 3 heteroatoms. The van der Waals surface area contributed by atoms with E-state index in [2.05, 4.69) is 24.4 Å². The van der Waals surface area contributed by atoms with Gasteiger partial charge in [-0.25, -0.2) is 0 Å². The maximum Gasteiger partial charge on any atom is 0.118 e. The lowest BCUT2D eigenvalue weighted by Gasteiger charge is -2.17. The Bertz CT molecular complexity index is 373. The number of methoxy groups -OCH3 is 1. The van der Waals surface area contributed by atoms with Gasteiger partial charge in [-0.2, -0.15) is 0 Å². The molecule has 0 aliphatic heterocycles. The van der Waals surface area contributed by atoms with Gasteiger partial charge in [0.2, 0.25) is 0 Å². The second-order valence-electron chi connectivity index (χ2n) is 5.56. The molecule has 1 aromatic rings. The van der Waals surface area contributed by atoms with Crippen LogP contribution in [0.2, 0.25) is 0 Å². The van der Waals surface area contributed by atoms with E-state index in [0.29, 0.717) is 6.04 Å². The van der Waals surface area contributed by atoms with E-state index in [1.165, 1.54) is 18.4 Å². The topological polar surface area (TPSA) is 30.5 Å². The molecule has 1 N–H and O–H groups in total. The van der Waals surface area contributed by atoms with Crippen molar-refractivity contribution in [2.75, 3.05) is 26.9 Å². The van der Waals surface area contributed by atoms with Crippen LogP contribution in [0.1, 0.15) is 44.2 Å². The van der Waals surface area contributed by atoms with Gasteiger partial charge in [0.05, 0.1) is 7.11 Å². The lowest BCUT2D eigenvalue weighted by molar-refractivity contribution is 0.121. The molecule has 0 heterocycles. The third-order valence-corrected chi connectivity index (χ3v) is 3.83. The summed E-state index contributed by atoms with van der Waals surface area (Å²) in [6, 6.07) is 8.76. The van der Waals surface area contributed by atoms with Gasteiger partial charge in [0.1, 0.15) is 5.75 Å². The molecule has 1 aliphatic rings. The maximum absolute atomic E-state index is 5.65. The number of benzene rings is 1. The van der Waals surface area contributed by atoms with Crippen molar-refractivity contribution in [3.05, 3.63) is 29.8 Å². The van der Waals surface area contributed by atoms with Crippen LogP contribution in [0.3, 0.4) is 0 Å². The van der Waals surface area contributed by atoms with E-state index in [0.717, 1.165) is 44.3 Å². The molecule has 1 unspecified atom stereocenters. The van der Waals surface area contributed by atoms with E-state index in [1.54, 1.807) is 7.11 Å². The zero-order chi connectivity index (χ0) is 14.2. The Kier molecular flexibility index (Phi) is 6.34. The van der Waals surface area contributed by atoms with Crippen molar-refractivity contribution in [1.29, 1.82) is 0 Å². The lowest BCUT2D eigenvalue weighted by atomic mass is 10.0. The van der Waals surface area contributed by atoms with Crippen LogP contribution in [0.5, 0.6) is 5.75 Å². The van der Waals surface area contributed by atoms with Crippen LogP contribution >= 0.6 is 0 Å². The molecule has 1 aromatic carbocycles. The molecule has 0 bridgehead atoms. The summed E-state index contributed by atoms with van der Waals surface area (Å²) in [7, 11) is 1.70. The van der Waals surface area contributed by atoms with Crippen LogP contribution in [0.15, 0.2) is 24.3 Å². The molecular weight excluding hydrogens is 250 g/mol. The van der Waals surface area contributed by atoms with Crippen LogP contribution in [0.25, 0.3) is 0 Å². The first-order chi connectivity index (χ1) is 9.83. The van der Waals surface area contributed by atoms with Gasteiger partial charge in [-0.15, -0.1) is 0 Å². The quantitative estimate of drug-likeness (QED) is 0.663. The third kappa shape index (κ3) is 5.14. The van der Waals surface area contributed by atoms with Gasteiger partial charge in [-0.3, -0.25) is 0 Å². The molecule has 1 fully saturated rings. The Morgan fingerprint density at radius 2 is 2.00 bits per heavy atom. The Hall–Kier alpha value is -1.06. The smallest absolute Gasteiger partial charge is 0.118 e. The van der Waals surface area contributed by atoms with E-state index in [9.17, 15) is 0 Å². The third-order valence-electron chi connectivity index (χ3n) is 3.83. The van der Waals surface area contributed by atoms with Crippen molar-refractivity contribution in [1.82, 2.24) is 5.32 Å². The molecule has 0 radical (unpaired) electrons. The highest BCUT2D eigenvalue weighted by Crippen LogP contribution is 2.28. The fourth-order valence-corrected chi connectivity index (χ4v) is 2.32. The van der Waals surface area contributed by atoms with Gasteiger partial charge in [-0.1, -0.05) is 19.1 Å². The first kappa shape index (κ1) is 15.3. The fourth-order valence-electron chi connectivity index (χ4n) is 2.32. The highest BCUT2D eigenvalue weighted by Gasteiger charge is 2.20. The number of ether oxygens (including phenoxy) is 2. The average Bonchev–Trinajstić information content (AvgIpc) is 3.31. The predicted molar refractivity (Wildman–Crippen MR) is 82.2 cm³/mol. The predicted octanol–water partition coefficient (Wildman–Crippen LogP) is 3.55. The first-order valence-corrected chi connectivity index (χ1v) is 7.78. The number of hydrogen-bond acceptors (Lipinski definition) is 3. The standard InChI is InChI=1S/C17H27NO2/c1-3-17(15-7-9-16(19-2)10-8-15)18-11-4-12-20-13-14-5-6-14/h7-10,14,17-18H,3-6,11-13H2,1-2H3. The molecule has 1 saturated carbocycles. The van der Waals surface area contributed by atoms with E-state index in [1.807, 2.05) is 12.1 Å². The molecule has 1 aliphatic carbocycles. The first-order valence-electron chi connectivity index (χ1n) is 7.78. The maximum atomic E-state index is 5.65. The second kappa shape index (κ2) is 8.28. The minimum Gasteiger partial charge on any atom is -0.497 e. The Morgan fingerprint density at radius 1 is 1.25 bits per heavy atom. The molecule has 0 saturated heterocycles. The Morgan fingerprint density at radius 3 is 2.60 bits per heavy atom. The normalized spacial score (nSPS) is 16.1. The van der Waals surface area contributed by atoms with Crippen LogP contribution in [-0.2, 0) is 4.74 Å². The van der Waals surface area contributed by atoms with Crippen molar-refractivity contribution in [2.45, 2.75) is 38.6 Å². The summed E-state index contributed by atoms with van der Waals surface area (Å²) in [4.78, 5) is 0. The molecule has 0 spiro atoms. The fraction of sp³-hybridized carbons (Fsp3) is 0.647. The molecule has 3 nitrogen and oxygen atoms in total. The van der Waals surface area contributed by atoms with Crippen molar-refractivity contribution in [3.8, 4) is 5.75 Å². The molecular formula is C17H27NO2. The summed E-state index contributed by atoms with van der Waals surface area (Å²) in [5, 5.41) is 3.61. The van der Waals surface area contributed by atoms with Crippen LogP contribution in [0.4, 0.5) is 0 Å². The zero-order valence-corrected chi connectivity index (χ0v) is 12.7. The van der Waals surface area contributed by atoms with Crippen molar-refractivity contribution in [2.24, 2.45) is 5.92 Å². The SMILES string of the molecule is CCC(NCCCOCC1CC1)c1ccc(OC)cc1. The van der Waals surface area contributed by atoms with Crippen molar-refractivity contribution in [3.63, 3.8) is 0 Å². The van der Waals surface area contributed by atoms with E-state index in [4.69, 9.17) is 9.47 Å². The van der Waals surface area contributed by atoms with Gasteiger partial charge in [0.25, 0.3) is 0 Å². The molecule has 0 aromatic heterocycles. The molecule has 0 amide bonds. The van der Waals surface area contributed by atoms with Gasteiger partial charge in [0, 0.05) is 19.3 Å². The van der Waals surface area contributed by atoms with Gasteiger partial charge < -0.3 is 14.8 Å². The minimum atomic E-state index is 0.421. The number of rotatable bonds is 10. The Balaban J connectivity index is 1.64. The molecule has 2 rings (SSSR count). The van der Waals surface area contributed by atoms with Crippen LogP contribution in [0, 0.1) is 5.92 Å².